The number of nitrogens with two attached hydrogens (primary N) is 2. The van der Waals surface area contributed by atoms with Crippen LogP contribution in [0, 0.1) is 5.82 Å². The van der Waals surface area contributed by atoms with Crippen molar-refractivity contribution in [3.63, 3.8) is 0 Å². The average molecular weight is 433 g/mol. The molecule has 4 N–H and O–H groups in total. The number of halogens is 3. The Bertz CT molecular complexity index is 644. The van der Waals surface area contributed by atoms with E-state index in [2.05, 4.69) is 41.8 Å². The zero-order valence-corrected chi connectivity index (χ0v) is 15.0. The molecule has 1 spiro atoms. The van der Waals surface area contributed by atoms with Crippen LogP contribution in [0.5, 0.6) is 0 Å². The lowest BCUT2D eigenvalue weighted by atomic mass is 9.87. The van der Waals surface area contributed by atoms with Gasteiger partial charge in [0, 0.05) is 8.95 Å². The van der Waals surface area contributed by atoms with E-state index in [-0.39, 0.29) is 17.7 Å². The smallest absolute Gasteiger partial charge is 0.220 e. The number of nitrogens with zero attached hydrogens (tertiary/aromatic N) is 3. The summed E-state index contributed by atoms with van der Waals surface area (Å²) in [6.07, 6.45) is 4.66. The molecule has 1 saturated carbocycles. The number of benzene rings is 1. The first-order chi connectivity index (χ1) is 10.4. The number of guanidine groups is 2. The summed E-state index contributed by atoms with van der Waals surface area (Å²) in [5.74, 6) is -0.0550. The van der Waals surface area contributed by atoms with Gasteiger partial charge in [0.05, 0.1) is 5.69 Å². The summed E-state index contributed by atoms with van der Waals surface area (Å²) in [5, 5.41) is 0. The maximum absolute atomic E-state index is 14.6. The van der Waals surface area contributed by atoms with Crippen LogP contribution >= 0.6 is 31.9 Å². The molecule has 2 aliphatic rings. The molecule has 1 heterocycles. The molecule has 5 nitrogen and oxygen atoms in total. The first-order valence-electron chi connectivity index (χ1n) is 7.07. The molecule has 3 rings (SSSR count). The molecule has 1 fully saturated rings. The highest BCUT2D eigenvalue weighted by molar-refractivity contribution is 9.11. The van der Waals surface area contributed by atoms with Gasteiger partial charge < -0.3 is 11.5 Å². The summed E-state index contributed by atoms with van der Waals surface area (Å²) < 4.78 is 15.9. The van der Waals surface area contributed by atoms with Crippen LogP contribution in [0.1, 0.15) is 32.1 Å². The molecule has 0 saturated heterocycles. The number of anilines is 1. The third-order valence-corrected chi connectivity index (χ3v) is 5.12. The lowest BCUT2D eigenvalue weighted by Crippen LogP contribution is -2.58. The molecule has 0 aromatic heterocycles. The molecule has 0 bridgehead atoms. The van der Waals surface area contributed by atoms with Gasteiger partial charge >= 0.3 is 0 Å². The quantitative estimate of drug-likeness (QED) is 0.712. The Labute approximate surface area is 144 Å². The predicted octanol–water partition coefficient (Wildman–Crippen LogP) is 3.46. The van der Waals surface area contributed by atoms with E-state index < -0.39 is 5.66 Å². The lowest BCUT2D eigenvalue weighted by Gasteiger charge is -2.45. The van der Waals surface area contributed by atoms with E-state index in [0.717, 1.165) is 32.1 Å². The van der Waals surface area contributed by atoms with E-state index >= 15 is 0 Å². The van der Waals surface area contributed by atoms with Crippen LogP contribution in [0.25, 0.3) is 0 Å². The SMILES string of the molecule is NC1=NC2(CCCCC2)N(c2c(F)cc(Br)cc2Br)C(N)=N1. The van der Waals surface area contributed by atoms with Crippen molar-refractivity contribution in [1.82, 2.24) is 0 Å². The van der Waals surface area contributed by atoms with Crippen molar-refractivity contribution >= 4 is 49.5 Å². The summed E-state index contributed by atoms with van der Waals surface area (Å²) in [7, 11) is 0. The molecule has 1 aliphatic heterocycles. The molecular formula is C14H16Br2FN5. The molecule has 0 unspecified atom stereocenters. The molecule has 118 valence electrons. The van der Waals surface area contributed by atoms with E-state index in [9.17, 15) is 4.39 Å². The second kappa shape index (κ2) is 5.81. The summed E-state index contributed by atoms with van der Waals surface area (Å²) in [4.78, 5) is 10.3. The number of aliphatic imine (C=N–C) groups is 2. The fourth-order valence-electron chi connectivity index (χ4n) is 3.19. The van der Waals surface area contributed by atoms with Gasteiger partial charge in [-0.15, -0.1) is 0 Å². The van der Waals surface area contributed by atoms with Crippen LogP contribution in [0.3, 0.4) is 0 Å². The molecule has 1 aromatic carbocycles. The third kappa shape index (κ3) is 2.62. The first kappa shape index (κ1) is 15.7. The molecule has 0 atom stereocenters. The Kier molecular flexibility index (Phi) is 4.15. The maximum Gasteiger partial charge on any atom is 0.220 e. The summed E-state index contributed by atoms with van der Waals surface area (Å²) in [6.45, 7) is 0. The standard InChI is InChI=1S/C14H16Br2FN5/c15-8-6-9(16)11(10(17)7-8)22-13(19)20-12(18)21-14(22)4-2-1-3-5-14/h6-7H,1-5H2,(H4,18,19,20,21). The van der Waals surface area contributed by atoms with Gasteiger partial charge in [-0.1, -0.05) is 22.4 Å². The normalized spacial score (nSPS) is 20.8. The number of hydrogen-bond donors (Lipinski definition) is 2. The van der Waals surface area contributed by atoms with Gasteiger partial charge in [0.25, 0.3) is 0 Å². The van der Waals surface area contributed by atoms with E-state index in [1.54, 1.807) is 11.0 Å². The first-order valence-corrected chi connectivity index (χ1v) is 8.66. The van der Waals surface area contributed by atoms with E-state index in [1.807, 2.05) is 0 Å². The van der Waals surface area contributed by atoms with Crippen molar-refractivity contribution in [3.8, 4) is 0 Å². The Morgan fingerprint density at radius 3 is 2.45 bits per heavy atom. The van der Waals surface area contributed by atoms with Crippen LogP contribution < -0.4 is 16.4 Å². The molecule has 8 heteroatoms. The monoisotopic (exact) mass is 431 g/mol. The largest absolute Gasteiger partial charge is 0.369 e. The second-order valence-electron chi connectivity index (χ2n) is 5.54. The van der Waals surface area contributed by atoms with Crippen molar-refractivity contribution in [2.75, 3.05) is 4.90 Å². The van der Waals surface area contributed by atoms with Gasteiger partial charge in [0.1, 0.15) is 11.5 Å². The minimum atomic E-state index is -0.647. The highest BCUT2D eigenvalue weighted by Gasteiger charge is 2.44. The van der Waals surface area contributed by atoms with Crippen LogP contribution in [-0.4, -0.2) is 17.6 Å². The highest BCUT2D eigenvalue weighted by Crippen LogP contribution is 2.43. The van der Waals surface area contributed by atoms with E-state index in [4.69, 9.17) is 11.5 Å². The Hall–Kier alpha value is -1.15. The van der Waals surface area contributed by atoms with Crippen molar-refractivity contribution < 1.29 is 4.39 Å². The topological polar surface area (TPSA) is 80.0 Å². The van der Waals surface area contributed by atoms with Gasteiger partial charge in [0.2, 0.25) is 11.9 Å². The van der Waals surface area contributed by atoms with E-state index in [1.165, 1.54) is 6.07 Å². The summed E-state index contributed by atoms with van der Waals surface area (Å²) in [5.41, 5.74) is 11.6. The fourth-order valence-corrected chi connectivity index (χ4v) is 4.54. The van der Waals surface area contributed by atoms with Crippen molar-refractivity contribution in [3.05, 3.63) is 26.9 Å². The van der Waals surface area contributed by atoms with Crippen LogP contribution in [-0.2, 0) is 0 Å². The van der Waals surface area contributed by atoms with Crippen LogP contribution in [0.4, 0.5) is 10.1 Å². The average Bonchev–Trinajstić information content (AvgIpc) is 2.41. The number of rotatable bonds is 1. The molecule has 0 radical (unpaired) electrons. The Balaban J connectivity index is 2.16. The Morgan fingerprint density at radius 2 is 1.82 bits per heavy atom. The minimum absolute atomic E-state index is 0.157. The predicted molar refractivity (Wildman–Crippen MR) is 93.3 cm³/mol. The van der Waals surface area contributed by atoms with Crippen LogP contribution in [0.2, 0.25) is 0 Å². The zero-order chi connectivity index (χ0) is 15.9. The van der Waals surface area contributed by atoms with Crippen molar-refractivity contribution in [2.24, 2.45) is 21.5 Å². The molecule has 1 aromatic rings. The summed E-state index contributed by atoms with van der Waals surface area (Å²) >= 11 is 6.71. The maximum atomic E-state index is 14.6. The van der Waals surface area contributed by atoms with Crippen molar-refractivity contribution in [1.29, 1.82) is 0 Å². The fraction of sp³-hybridized carbons (Fsp3) is 0.429. The summed E-state index contributed by atoms with van der Waals surface area (Å²) in [6, 6.07) is 3.19. The van der Waals surface area contributed by atoms with Crippen LogP contribution in [0.15, 0.2) is 31.1 Å². The number of hydrogen-bond acceptors (Lipinski definition) is 5. The van der Waals surface area contributed by atoms with Gasteiger partial charge in [-0.05, 0) is 53.7 Å². The zero-order valence-electron chi connectivity index (χ0n) is 11.8. The minimum Gasteiger partial charge on any atom is -0.369 e. The van der Waals surface area contributed by atoms with Gasteiger partial charge in [-0.25, -0.2) is 9.38 Å². The second-order valence-corrected chi connectivity index (χ2v) is 7.31. The Morgan fingerprint density at radius 1 is 1.14 bits per heavy atom. The lowest BCUT2D eigenvalue weighted by molar-refractivity contribution is 0.303. The molecule has 1 aliphatic carbocycles. The third-order valence-electron chi connectivity index (χ3n) is 4.06. The molecule has 22 heavy (non-hydrogen) atoms. The molecular weight excluding hydrogens is 417 g/mol. The highest BCUT2D eigenvalue weighted by atomic mass is 79.9. The van der Waals surface area contributed by atoms with E-state index in [0.29, 0.717) is 14.6 Å². The molecule has 0 amide bonds. The van der Waals surface area contributed by atoms with Gasteiger partial charge in [-0.2, -0.15) is 4.99 Å². The van der Waals surface area contributed by atoms with Gasteiger partial charge in [0.15, 0.2) is 0 Å². The van der Waals surface area contributed by atoms with Crippen molar-refractivity contribution in [2.45, 2.75) is 37.8 Å². The van der Waals surface area contributed by atoms with Gasteiger partial charge in [-0.3, -0.25) is 4.90 Å².